The van der Waals surface area contributed by atoms with Crippen molar-refractivity contribution in [3.63, 3.8) is 0 Å². The minimum atomic E-state index is -0.366. The summed E-state index contributed by atoms with van der Waals surface area (Å²) in [5.41, 5.74) is 0.712. The van der Waals surface area contributed by atoms with E-state index in [9.17, 15) is 14.7 Å². The van der Waals surface area contributed by atoms with E-state index in [1.54, 1.807) is 13.2 Å². The van der Waals surface area contributed by atoms with Crippen LogP contribution in [0, 0.1) is 5.92 Å². The van der Waals surface area contributed by atoms with Gasteiger partial charge in [-0.1, -0.05) is 30.1 Å². The Labute approximate surface area is 163 Å². The Balaban J connectivity index is 2.41. The molecule has 0 amide bonds. The number of halogens is 2. The Hall–Kier alpha value is -1.40. The summed E-state index contributed by atoms with van der Waals surface area (Å²) >= 11 is 12.7. The summed E-state index contributed by atoms with van der Waals surface area (Å²) in [5.74, 6) is -1.08. The number of methoxy groups -OCH3 is 1. The first-order valence-corrected chi connectivity index (χ1v) is 9.16. The zero-order chi connectivity index (χ0) is 19.4. The number of hydrogen-bond acceptors (Lipinski definition) is 5. The van der Waals surface area contributed by atoms with Crippen LogP contribution in [0.2, 0.25) is 10.0 Å². The van der Waals surface area contributed by atoms with Crippen LogP contribution in [0.5, 0.6) is 0 Å². The standard InChI is InChI=1S/C19H23Cl2NO4/c1-11-8-15(23)17(16(24)9-11)19(25)12-4-5-14(20)13(18(12)21)10-22(2)6-7-26-3/h4-5,11,25H,6-10H2,1-3H3. The SMILES string of the molecule is COCCN(C)Cc1c(Cl)ccc(C(O)=C2C(=O)CC(C)CC2=O)c1Cl. The molecule has 0 aliphatic heterocycles. The van der Waals surface area contributed by atoms with Crippen LogP contribution in [0.15, 0.2) is 17.7 Å². The normalized spacial score (nSPS) is 17.9. The van der Waals surface area contributed by atoms with Gasteiger partial charge in [-0.05, 0) is 25.1 Å². The maximum absolute atomic E-state index is 12.3. The van der Waals surface area contributed by atoms with Crippen molar-refractivity contribution in [2.75, 3.05) is 27.3 Å². The molecule has 1 aliphatic rings. The van der Waals surface area contributed by atoms with Crippen molar-refractivity contribution in [1.82, 2.24) is 4.90 Å². The van der Waals surface area contributed by atoms with E-state index < -0.39 is 0 Å². The fourth-order valence-electron chi connectivity index (χ4n) is 2.99. The summed E-state index contributed by atoms with van der Waals surface area (Å²) < 4.78 is 5.05. The van der Waals surface area contributed by atoms with E-state index >= 15 is 0 Å². The molecular formula is C19H23Cl2NO4. The number of allylic oxidation sites excluding steroid dienone is 1. The van der Waals surface area contributed by atoms with E-state index in [0.29, 0.717) is 30.3 Å². The fraction of sp³-hybridized carbons (Fsp3) is 0.474. The number of ketones is 2. The first-order valence-electron chi connectivity index (χ1n) is 8.40. The predicted octanol–water partition coefficient (Wildman–Crippen LogP) is 3.91. The van der Waals surface area contributed by atoms with Crippen LogP contribution < -0.4 is 0 Å². The van der Waals surface area contributed by atoms with E-state index in [4.69, 9.17) is 27.9 Å². The molecule has 1 aliphatic carbocycles. The number of aliphatic hydroxyl groups excluding tert-OH is 1. The molecule has 142 valence electrons. The van der Waals surface area contributed by atoms with Crippen LogP contribution in [-0.4, -0.2) is 48.9 Å². The maximum Gasteiger partial charge on any atom is 0.170 e. The lowest BCUT2D eigenvalue weighted by molar-refractivity contribution is -0.125. The van der Waals surface area contributed by atoms with Gasteiger partial charge in [0.25, 0.3) is 0 Å². The van der Waals surface area contributed by atoms with Crippen LogP contribution in [0.3, 0.4) is 0 Å². The maximum atomic E-state index is 12.3. The molecule has 0 saturated heterocycles. The third kappa shape index (κ3) is 4.65. The molecule has 0 aromatic heterocycles. The first kappa shape index (κ1) is 20.9. The summed E-state index contributed by atoms with van der Waals surface area (Å²) in [6, 6.07) is 3.14. The van der Waals surface area contributed by atoms with E-state index in [2.05, 4.69) is 0 Å². The van der Waals surface area contributed by atoms with Crippen molar-refractivity contribution in [3.8, 4) is 0 Å². The Morgan fingerprint density at radius 3 is 2.46 bits per heavy atom. The van der Waals surface area contributed by atoms with E-state index in [1.807, 2.05) is 18.9 Å². The molecule has 2 rings (SSSR count). The molecule has 0 bridgehead atoms. The van der Waals surface area contributed by atoms with Crippen LogP contribution >= 0.6 is 23.2 Å². The second kappa shape index (κ2) is 9.00. The van der Waals surface area contributed by atoms with Crippen LogP contribution in [0.4, 0.5) is 0 Å². The number of benzene rings is 1. The quantitative estimate of drug-likeness (QED) is 0.446. The zero-order valence-corrected chi connectivity index (χ0v) is 16.7. The highest BCUT2D eigenvalue weighted by atomic mass is 35.5. The van der Waals surface area contributed by atoms with Crippen molar-refractivity contribution in [2.24, 2.45) is 5.92 Å². The predicted molar refractivity (Wildman–Crippen MR) is 103 cm³/mol. The Kier molecular flexibility index (Phi) is 7.24. The van der Waals surface area contributed by atoms with E-state index in [0.717, 1.165) is 0 Å². The van der Waals surface area contributed by atoms with Gasteiger partial charge in [-0.25, -0.2) is 0 Å². The highest BCUT2D eigenvalue weighted by Crippen LogP contribution is 2.35. The Morgan fingerprint density at radius 2 is 1.88 bits per heavy atom. The lowest BCUT2D eigenvalue weighted by Crippen LogP contribution is -2.26. The topological polar surface area (TPSA) is 66.8 Å². The number of hydrogen-bond donors (Lipinski definition) is 1. The monoisotopic (exact) mass is 399 g/mol. The molecule has 0 unspecified atom stereocenters. The number of rotatable bonds is 6. The van der Waals surface area contributed by atoms with E-state index in [-0.39, 0.29) is 52.2 Å². The van der Waals surface area contributed by atoms with Crippen LogP contribution in [0.1, 0.15) is 30.9 Å². The number of nitrogens with zero attached hydrogens (tertiary/aromatic N) is 1. The largest absolute Gasteiger partial charge is 0.506 e. The minimum Gasteiger partial charge on any atom is -0.506 e. The third-order valence-electron chi connectivity index (χ3n) is 4.41. The number of Topliss-reactive ketones (excluding diaryl/α,β-unsaturated/α-hetero) is 2. The summed E-state index contributed by atoms with van der Waals surface area (Å²) in [4.78, 5) is 26.5. The highest BCUT2D eigenvalue weighted by Gasteiger charge is 2.32. The number of carbonyl (C=O) groups is 2. The van der Waals surface area contributed by atoms with Gasteiger partial charge in [0.2, 0.25) is 0 Å². The number of aliphatic hydroxyl groups is 1. The lowest BCUT2D eigenvalue weighted by Gasteiger charge is -2.21. The smallest absolute Gasteiger partial charge is 0.170 e. The molecule has 5 nitrogen and oxygen atoms in total. The second-order valence-electron chi connectivity index (χ2n) is 6.70. The fourth-order valence-corrected chi connectivity index (χ4v) is 3.56. The van der Waals surface area contributed by atoms with Crippen LogP contribution in [-0.2, 0) is 20.9 Å². The molecule has 1 aromatic carbocycles. The van der Waals surface area contributed by atoms with Gasteiger partial charge >= 0.3 is 0 Å². The highest BCUT2D eigenvalue weighted by molar-refractivity contribution is 6.37. The van der Waals surface area contributed by atoms with Gasteiger partial charge in [-0.15, -0.1) is 0 Å². The van der Waals surface area contributed by atoms with Crippen molar-refractivity contribution >= 4 is 40.5 Å². The molecule has 7 heteroatoms. The van der Waals surface area contributed by atoms with Gasteiger partial charge in [0.05, 0.1) is 11.6 Å². The van der Waals surface area contributed by atoms with Gasteiger partial charge in [0.15, 0.2) is 11.6 Å². The van der Waals surface area contributed by atoms with Crippen molar-refractivity contribution in [3.05, 3.63) is 38.9 Å². The van der Waals surface area contributed by atoms with Gasteiger partial charge in [0, 0.05) is 49.2 Å². The molecular weight excluding hydrogens is 377 g/mol. The molecule has 0 atom stereocenters. The minimum absolute atomic E-state index is 0.0164. The van der Waals surface area contributed by atoms with Gasteiger partial charge in [-0.3, -0.25) is 14.5 Å². The average molecular weight is 400 g/mol. The number of likely N-dealkylation sites (N-methyl/N-ethyl adjacent to an activating group) is 1. The Bertz CT molecular complexity index is 725. The summed E-state index contributed by atoms with van der Waals surface area (Å²) in [5, 5.41) is 11.3. The first-order chi connectivity index (χ1) is 12.3. The average Bonchev–Trinajstić information content (AvgIpc) is 2.55. The molecule has 26 heavy (non-hydrogen) atoms. The molecule has 1 saturated carbocycles. The van der Waals surface area contributed by atoms with Crippen LogP contribution in [0.25, 0.3) is 5.76 Å². The van der Waals surface area contributed by atoms with Gasteiger partial charge < -0.3 is 9.84 Å². The van der Waals surface area contributed by atoms with E-state index in [1.165, 1.54) is 6.07 Å². The van der Waals surface area contributed by atoms with Gasteiger partial charge in [0.1, 0.15) is 11.3 Å². The summed E-state index contributed by atoms with van der Waals surface area (Å²) in [6.07, 6.45) is 0.478. The molecule has 0 heterocycles. The third-order valence-corrected chi connectivity index (χ3v) is 5.19. The molecule has 1 aromatic rings. The second-order valence-corrected chi connectivity index (χ2v) is 7.49. The summed E-state index contributed by atoms with van der Waals surface area (Å²) in [6.45, 7) is 3.51. The number of carbonyl (C=O) groups excluding carboxylic acids is 2. The van der Waals surface area contributed by atoms with Gasteiger partial charge in [-0.2, -0.15) is 0 Å². The van der Waals surface area contributed by atoms with Crippen molar-refractivity contribution < 1.29 is 19.4 Å². The molecule has 0 spiro atoms. The summed E-state index contributed by atoms with van der Waals surface area (Å²) in [7, 11) is 3.52. The molecule has 1 fully saturated rings. The Morgan fingerprint density at radius 1 is 1.27 bits per heavy atom. The molecule has 1 N–H and O–H groups in total. The lowest BCUT2D eigenvalue weighted by atomic mass is 9.83. The number of ether oxygens (including phenoxy) is 1. The van der Waals surface area contributed by atoms with Crippen molar-refractivity contribution in [1.29, 1.82) is 0 Å². The van der Waals surface area contributed by atoms with Crippen molar-refractivity contribution in [2.45, 2.75) is 26.3 Å². The molecule has 0 radical (unpaired) electrons. The zero-order valence-electron chi connectivity index (χ0n) is 15.1.